The Balaban J connectivity index is 2.24. The first-order valence-electron chi connectivity index (χ1n) is 6.59. The average Bonchev–Trinajstić information content (AvgIpc) is 2.39. The van der Waals surface area contributed by atoms with E-state index in [1.54, 1.807) is 0 Å². The van der Waals surface area contributed by atoms with Crippen LogP contribution in [0.1, 0.15) is 50.2 Å². The van der Waals surface area contributed by atoms with Crippen LogP contribution in [0.2, 0.25) is 0 Å². The Kier molecular flexibility index (Phi) is 3.65. The molecule has 0 aromatic heterocycles. The molecule has 0 atom stereocenters. The summed E-state index contributed by atoms with van der Waals surface area (Å²) in [6.07, 6.45) is 7.82. The van der Waals surface area contributed by atoms with Gasteiger partial charge in [0.25, 0.3) is 0 Å². The van der Waals surface area contributed by atoms with Gasteiger partial charge in [0, 0.05) is 5.54 Å². The average molecular weight is 217 g/mol. The van der Waals surface area contributed by atoms with Crippen molar-refractivity contribution in [2.75, 3.05) is 7.05 Å². The van der Waals surface area contributed by atoms with E-state index in [-0.39, 0.29) is 5.54 Å². The molecule has 1 aliphatic carbocycles. The summed E-state index contributed by atoms with van der Waals surface area (Å²) in [7, 11) is 2.11. The highest BCUT2D eigenvalue weighted by molar-refractivity contribution is 5.29. The zero-order valence-corrected chi connectivity index (χ0v) is 10.6. The monoisotopic (exact) mass is 217 g/mol. The normalized spacial score (nSPS) is 19.6. The maximum absolute atomic E-state index is 3.57. The lowest BCUT2D eigenvalue weighted by atomic mass is 9.76. The van der Waals surface area contributed by atoms with E-state index in [4.69, 9.17) is 0 Å². The first kappa shape index (κ1) is 11.7. The molecule has 88 valence electrons. The summed E-state index contributed by atoms with van der Waals surface area (Å²) in [5.41, 5.74) is 3.17. The van der Waals surface area contributed by atoms with Crippen LogP contribution in [0.25, 0.3) is 0 Å². The van der Waals surface area contributed by atoms with Crippen molar-refractivity contribution in [3.63, 3.8) is 0 Å². The molecule has 16 heavy (non-hydrogen) atoms. The summed E-state index contributed by atoms with van der Waals surface area (Å²) in [4.78, 5) is 0. The zero-order valence-electron chi connectivity index (χ0n) is 10.6. The van der Waals surface area contributed by atoms with Crippen LogP contribution in [0, 0.1) is 0 Å². The molecule has 0 amide bonds. The van der Waals surface area contributed by atoms with Crippen LogP contribution in [0.4, 0.5) is 0 Å². The molecular formula is C15H23N. The van der Waals surface area contributed by atoms with Gasteiger partial charge in [0.2, 0.25) is 0 Å². The second kappa shape index (κ2) is 5.01. The van der Waals surface area contributed by atoms with E-state index in [0.29, 0.717) is 0 Å². The van der Waals surface area contributed by atoms with Gasteiger partial charge in [-0.05, 0) is 37.4 Å². The van der Waals surface area contributed by atoms with Crippen LogP contribution >= 0.6 is 0 Å². The Hall–Kier alpha value is -0.820. The van der Waals surface area contributed by atoms with Gasteiger partial charge in [-0.25, -0.2) is 0 Å². The Bertz CT molecular complexity index is 320. The van der Waals surface area contributed by atoms with Crippen molar-refractivity contribution < 1.29 is 0 Å². The second-order valence-electron chi connectivity index (χ2n) is 4.94. The van der Waals surface area contributed by atoms with E-state index in [0.717, 1.165) is 6.42 Å². The van der Waals surface area contributed by atoms with Crippen molar-refractivity contribution in [1.29, 1.82) is 0 Å². The lowest BCUT2D eigenvalue weighted by molar-refractivity contribution is 0.250. The van der Waals surface area contributed by atoms with Crippen molar-refractivity contribution in [3.05, 3.63) is 35.4 Å². The molecule has 0 saturated heterocycles. The minimum absolute atomic E-state index is 0.254. The van der Waals surface area contributed by atoms with Gasteiger partial charge >= 0.3 is 0 Å². The molecule has 1 aliphatic rings. The van der Waals surface area contributed by atoms with Crippen LogP contribution in [-0.4, -0.2) is 7.05 Å². The highest BCUT2D eigenvalue weighted by atomic mass is 14.9. The van der Waals surface area contributed by atoms with Gasteiger partial charge < -0.3 is 5.32 Å². The second-order valence-corrected chi connectivity index (χ2v) is 4.94. The quantitative estimate of drug-likeness (QED) is 0.815. The zero-order chi connectivity index (χ0) is 11.4. The third kappa shape index (κ3) is 2.15. The van der Waals surface area contributed by atoms with Crippen LogP contribution in [0.3, 0.4) is 0 Å². The third-order valence-corrected chi connectivity index (χ3v) is 4.10. The number of benzene rings is 1. The van der Waals surface area contributed by atoms with E-state index >= 15 is 0 Å². The molecule has 1 heteroatoms. The van der Waals surface area contributed by atoms with Gasteiger partial charge in [0.05, 0.1) is 0 Å². The smallest absolute Gasteiger partial charge is 0.0432 e. The standard InChI is InChI=1S/C15H23N/c1-3-13-7-9-14(10-8-13)15(16-2)11-5-4-6-12-15/h7-10,16H,3-6,11-12H2,1-2H3. The maximum Gasteiger partial charge on any atom is 0.0432 e. The fraction of sp³-hybridized carbons (Fsp3) is 0.600. The lowest BCUT2D eigenvalue weighted by Crippen LogP contribution is -2.41. The number of hydrogen-bond acceptors (Lipinski definition) is 1. The lowest BCUT2D eigenvalue weighted by Gasteiger charge is -2.37. The Labute approximate surface area is 99.3 Å². The summed E-state index contributed by atoms with van der Waals surface area (Å²) in [5, 5.41) is 3.57. The van der Waals surface area contributed by atoms with Crippen LogP contribution in [0.15, 0.2) is 24.3 Å². The van der Waals surface area contributed by atoms with E-state index < -0.39 is 0 Å². The summed E-state index contributed by atoms with van der Waals surface area (Å²) in [6.45, 7) is 2.21. The molecule has 0 spiro atoms. The van der Waals surface area contributed by atoms with Gasteiger partial charge in [-0.2, -0.15) is 0 Å². The van der Waals surface area contributed by atoms with Crippen LogP contribution in [0.5, 0.6) is 0 Å². The summed E-state index contributed by atoms with van der Waals surface area (Å²) in [6, 6.07) is 9.20. The Morgan fingerprint density at radius 1 is 1.06 bits per heavy atom. The van der Waals surface area contributed by atoms with E-state index in [2.05, 4.69) is 43.6 Å². The molecule has 1 aromatic carbocycles. The molecule has 0 heterocycles. The predicted octanol–water partition coefficient (Wildman–Crippen LogP) is 3.63. The van der Waals surface area contributed by atoms with Crippen LogP contribution in [-0.2, 0) is 12.0 Å². The van der Waals surface area contributed by atoms with Crippen molar-refractivity contribution in [3.8, 4) is 0 Å². The first-order valence-corrected chi connectivity index (χ1v) is 6.59. The molecule has 0 bridgehead atoms. The Morgan fingerprint density at radius 3 is 2.19 bits per heavy atom. The fourth-order valence-corrected chi connectivity index (χ4v) is 2.90. The third-order valence-electron chi connectivity index (χ3n) is 4.10. The summed E-state index contributed by atoms with van der Waals surface area (Å²) >= 11 is 0. The van der Waals surface area contributed by atoms with Gasteiger partial charge in [0.1, 0.15) is 0 Å². The first-order chi connectivity index (χ1) is 7.80. The highest BCUT2D eigenvalue weighted by Gasteiger charge is 2.31. The molecule has 1 saturated carbocycles. The largest absolute Gasteiger partial charge is 0.310 e. The van der Waals surface area contributed by atoms with E-state index in [9.17, 15) is 0 Å². The van der Waals surface area contributed by atoms with Gasteiger partial charge in [-0.15, -0.1) is 0 Å². The van der Waals surface area contributed by atoms with E-state index in [1.807, 2.05) is 0 Å². The number of nitrogens with one attached hydrogen (secondary N) is 1. The molecular weight excluding hydrogens is 194 g/mol. The summed E-state index contributed by atoms with van der Waals surface area (Å²) in [5.74, 6) is 0. The van der Waals surface area contributed by atoms with Gasteiger partial charge in [-0.3, -0.25) is 0 Å². The molecule has 1 nitrogen and oxygen atoms in total. The minimum Gasteiger partial charge on any atom is -0.310 e. The van der Waals surface area contributed by atoms with Gasteiger partial charge in [-0.1, -0.05) is 50.5 Å². The van der Waals surface area contributed by atoms with Crippen LogP contribution < -0.4 is 5.32 Å². The van der Waals surface area contributed by atoms with E-state index in [1.165, 1.54) is 43.2 Å². The molecule has 2 rings (SSSR count). The topological polar surface area (TPSA) is 12.0 Å². The number of aryl methyl sites for hydroxylation is 1. The number of rotatable bonds is 3. The Morgan fingerprint density at radius 2 is 1.69 bits per heavy atom. The molecule has 1 fully saturated rings. The van der Waals surface area contributed by atoms with Crippen molar-refractivity contribution in [1.82, 2.24) is 5.32 Å². The van der Waals surface area contributed by atoms with Crippen molar-refractivity contribution >= 4 is 0 Å². The highest BCUT2D eigenvalue weighted by Crippen LogP contribution is 2.36. The maximum atomic E-state index is 3.57. The number of hydrogen-bond donors (Lipinski definition) is 1. The molecule has 1 aromatic rings. The SMILES string of the molecule is CCc1ccc(C2(NC)CCCCC2)cc1. The van der Waals surface area contributed by atoms with Gasteiger partial charge in [0.15, 0.2) is 0 Å². The molecule has 0 aliphatic heterocycles. The van der Waals surface area contributed by atoms with Crippen molar-refractivity contribution in [2.24, 2.45) is 0 Å². The fourth-order valence-electron chi connectivity index (χ4n) is 2.90. The minimum atomic E-state index is 0.254. The molecule has 0 radical (unpaired) electrons. The predicted molar refractivity (Wildman–Crippen MR) is 69.6 cm³/mol. The van der Waals surface area contributed by atoms with Crippen molar-refractivity contribution in [2.45, 2.75) is 51.0 Å². The molecule has 1 N–H and O–H groups in total. The summed E-state index contributed by atoms with van der Waals surface area (Å²) < 4.78 is 0. The molecule has 0 unspecified atom stereocenters.